The molecule has 0 radical (unpaired) electrons. The van der Waals surface area contributed by atoms with Crippen molar-refractivity contribution < 1.29 is 17.6 Å². The standard InChI is InChI=1S/C19H19N3O4S2/c1-13-4-5-14(26-13)6-9-18(23)21-19-20-16-8-7-15(12-17(16)27-19)28(24,25)22-10-2-3-11-22/h4-9,12H,2-3,10-11H2,1H3,(H,20,21,23)/b9-6+. The van der Waals surface area contributed by atoms with Crippen molar-refractivity contribution in [2.45, 2.75) is 24.7 Å². The Kier molecular flexibility index (Phi) is 5.05. The Morgan fingerprint density at radius 2 is 2.04 bits per heavy atom. The van der Waals surface area contributed by atoms with Crippen LogP contribution in [0.5, 0.6) is 0 Å². The van der Waals surface area contributed by atoms with Crippen LogP contribution in [0.2, 0.25) is 0 Å². The molecule has 28 heavy (non-hydrogen) atoms. The molecule has 146 valence electrons. The Morgan fingerprint density at radius 1 is 1.25 bits per heavy atom. The second-order valence-electron chi connectivity index (χ2n) is 6.53. The number of nitrogens with one attached hydrogen (secondary N) is 1. The molecule has 0 unspecified atom stereocenters. The second kappa shape index (κ2) is 7.50. The molecule has 1 aromatic carbocycles. The van der Waals surface area contributed by atoms with E-state index in [9.17, 15) is 13.2 Å². The Balaban J connectivity index is 1.51. The summed E-state index contributed by atoms with van der Waals surface area (Å²) in [4.78, 5) is 16.7. The Labute approximate surface area is 166 Å². The van der Waals surface area contributed by atoms with E-state index in [1.807, 2.05) is 13.0 Å². The Hall–Kier alpha value is -2.49. The van der Waals surface area contributed by atoms with Crippen LogP contribution in [0.4, 0.5) is 5.13 Å². The highest BCUT2D eigenvalue weighted by Crippen LogP contribution is 2.30. The average Bonchev–Trinajstić information content (AvgIpc) is 3.39. The van der Waals surface area contributed by atoms with Gasteiger partial charge < -0.3 is 4.42 Å². The van der Waals surface area contributed by atoms with Crippen molar-refractivity contribution in [3.63, 3.8) is 0 Å². The van der Waals surface area contributed by atoms with Gasteiger partial charge in [0.2, 0.25) is 15.9 Å². The number of fused-ring (bicyclic) bond motifs is 1. The van der Waals surface area contributed by atoms with Crippen LogP contribution in [0, 0.1) is 6.92 Å². The van der Waals surface area contributed by atoms with E-state index in [0.29, 0.717) is 34.2 Å². The lowest BCUT2D eigenvalue weighted by molar-refractivity contribution is -0.111. The minimum absolute atomic E-state index is 0.261. The first-order chi connectivity index (χ1) is 13.4. The molecule has 3 heterocycles. The maximum absolute atomic E-state index is 12.7. The summed E-state index contributed by atoms with van der Waals surface area (Å²) in [6.07, 6.45) is 4.73. The molecule has 1 N–H and O–H groups in total. The van der Waals surface area contributed by atoms with E-state index in [4.69, 9.17) is 4.42 Å². The van der Waals surface area contributed by atoms with Gasteiger partial charge in [-0.2, -0.15) is 4.31 Å². The quantitative estimate of drug-likeness (QED) is 0.640. The molecular weight excluding hydrogens is 398 g/mol. The van der Waals surface area contributed by atoms with Crippen molar-refractivity contribution in [1.29, 1.82) is 0 Å². The number of sulfonamides is 1. The van der Waals surface area contributed by atoms with Crippen LogP contribution < -0.4 is 5.32 Å². The molecule has 1 amide bonds. The van der Waals surface area contributed by atoms with Crippen molar-refractivity contribution in [3.8, 4) is 0 Å². The number of benzene rings is 1. The zero-order valence-electron chi connectivity index (χ0n) is 15.2. The number of aryl methyl sites for hydroxylation is 1. The van der Waals surface area contributed by atoms with Gasteiger partial charge in [0.05, 0.1) is 15.1 Å². The predicted octanol–water partition coefficient (Wildman–Crippen LogP) is 3.63. The minimum Gasteiger partial charge on any atom is -0.462 e. The first-order valence-electron chi connectivity index (χ1n) is 8.88. The molecule has 2 aromatic heterocycles. The van der Waals surface area contributed by atoms with Crippen LogP contribution in [-0.4, -0.2) is 36.7 Å². The number of thiazole rings is 1. The molecule has 0 atom stereocenters. The monoisotopic (exact) mass is 417 g/mol. The van der Waals surface area contributed by atoms with Crippen LogP contribution in [0.25, 0.3) is 16.3 Å². The van der Waals surface area contributed by atoms with E-state index in [0.717, 1.165) is 18.6 Å². The van der Waals surface area contributed by atoms with Crippen LogP contribution in [0.1, 0.15) is 24.4 Å². The fourth-order valence-electron chi connectivity index (χ4n) is 3.04. The third kappa shape index (κ3) is 3.87. The first-order valence-corrected chi connectivity index (χ1v) is 11.1. The minimum atomic E-state index is -3.48. The lowest BCUT2D eigenvalue weighted by Gasteiger charge is -2.15. The number of carbonyl (C=O) groups is 1. The summed E-state index contributed by atoms with van der Waals surface area (Å²) in [5.74, 6) is 1.03. The van der Waals surface area contributed by atoms with Gasteiger partial charge in [-0.1, -0.05) is 11.3 Å². The van der Waals surface area contributed by atoms with Crippen molar-refractivity contribution in [2.24, 2.45) is 0 Å². The number of hydrogen-bond acceptors (Lipinski definition) is 6. The van der Waals surface area contributed by atoms with Gasteiger partial charge in [-0.25, -0.2) is 13.4 Å². The van der Waals surface area contributed by atoms with E-state index in [1.165, 1.54) is 21.7 Å². The maximum atomic E-state index is 12.7. The predicted molar refractivity (Wildman–Crippen MR) is 109 cm³/mol. The molecule has 0 spiro atoms. The lowest BCUT2D eigenvalue weighted by atomic mass is 10.3. The number of anilines is 1. The van der Waals surface area contributed by atoms with Crippen molar-refractivity contribution in [1.82, 2.24) is 9.29 Å². The zero-order chi connectivity index (χ0) is 19.7. The van der Waals surface area contributed by atoms with Gasteiger partial charge >= 0.3 is 0 Å². The number of hydrogen-bond donors (Lipinski definition) is 1. The van der Waals surface area contributed by atoms with Crippen LogP contribution in [0.15, 0.2) is 45.7 Å². The molecule has 0 saturated carbocycles. The third-order valence-electron chi connectivity index (χ3n) is 4.45. The summed E-state index contributed by atoms with van der Waals surface area (Å²) in [5, 5.41) is 3.11. The van der Waals surface area contributed by atoms with Crippen molar-refractivity contribution in [2.75, 3.05) is 18.4 Å². The number of furan rings is 1. The summed E-state index contributed by atoms with van der Waals surface area (Å²) >= 11 is 1.24. The normalized spacial score (nSPS) is 15.6. The van der Waals surface area contributed by atoms with Gasteiger partial charge in [0.15, 0.2) is 5.13 Å². The van der Waals surface area contributed by atoms with Gasteiger partial charge in [-0.15, -0.1) is 0 Å². The Bertz CT molecular complexity index is 1160. The van der Waals surface area contributed by atoms with Gasteiger partial charge in [0.1, 0.15) is 11.5 Å². The average molecular weight is 418 g/mol. The summed E-state index contributed by atoms with van der Waals surface area (Å²) in [6.45, 7) is 2.95. The highest BCUT2D eigenvalue weighted by atomic mass is 32.2. The number of aromatic nitrogens is 1. The number of carbonyl (C=O) groups excluding carboxylic acids is 1. The molecule has 7 nitrogen and oxygen atoms in total. The van der Waals surface area contributed by atoms with Crippen LogP contribution >= 0.6 is 11.3 Å². The molecule has 1 aliphatic rings. The first kappa shape index (κ1) is 18.9. The van der Waals surface area contributed by atoms with Gasteiger partial charge in [-0.05, 0) is 56.2 Å². The number of nitrogens with zero attached hydrogens (tertiary/aromatic N) is 2. The SMILES string of the molecule is Cc1ccc(/C=C/C(=O)Nc2nc3ccc(S(=O)(=O)N4CCCC4)cc3s2)o1. The molecule has 1 saturated heterocycles. The summed E-state index contributed by atoms with van der Waals surface area (Å²) in [6, 6.07) is 8.46. The summed E-state index contributed by atoms with van der Waals surface area (Å²) in [5.41, 5.74) is 0.645. The van der Waals surface area contributed by atoms with E-state index in [1.54, 1.807) is 30.3 Å². The third-order valence-corrected chi connectivity index (χ3v) is 7.28. The lowest BCUT2D eigenvalue weighted by Crippen LogP contribution is -2.27. The number of amides is 1. The molecule has 1 fully saturated rings. The molecule has 4 rings (SSSR count). The maximum Gasteiger partial charge on any atom is 0.250 e. The number of rotatable bonds is 5. The fourth-order valence-corrected chi connectivity index (χ4v) is 5.57. The van der Waals surface area contributed by atoms with E-state index in [2.05, 4.69) is 10.3 Å². The van der Waals surface area contributed by atoms with Gasteiger partial charge in [-0.3, -0.25) is 10.1 Å². The molecule has 0 aliphatic carbocycles. The van der Waals surface area contributed by atoms with Crippen molar-refractivity contribution in [3.05, 3.63) is 47.9 Å². The van der Waals surface area contributed by atoms with Crippen molar-refractivity contribution >= 4 is 48.7 Å². The summed E-state index contributed by atoms with van der Waals surface area (Å²) in [7, 11) is -3.48. The molecule has 1 aliphatic heterocycles. The van der Waals surface area contributed by atoms with Gasteiger partial charge in [0.25, 0.3) is 0 Å². The smallest absolute Gasteiger partial charge is 0.250 e. The Morgan fingerprint density at radius 3 is 2.75 bits per heavy atom. The van der Waals surface area contributed by atoms with E-state index in [-0.39, 0.29) is 10.8 Å². The molecular formula is C19H19N3O4S2. The molecule has 9 heteroatoms. The molecule has 3 aromatic rings. The van der Waals surface area contributed by atoms with E-state index < -0.39 is 10.0 Å². The second-order valence-corrected chi connectivity index (χ2v) is 9.50. The fraction of sp³-hybridized carbons (Fsp3) is 0.263. The van der Waals surface area contributed by atoms with E-state index >= 15 is 0 Å². The highest BCUT2D eigenvalue weighted by Gasteiger charge is 2.27. The highest BCUT2D eigenvalue weighted by molar-refractivity contribution is 7.89. The topological polar surface area (TPSA) is 92.5 Å². The largest absolute Gasteiger partial charge is 0.462 e. The zero-order valence-corrected chi connectivity index (χ0v) is 16.8. The summed E-state index contributed by atoms with van der Waals surface area (Å²) < 4.78 is 33.0. The van der Waals surface area contributed by atoms with Crippen LogP contribution in [-0.2, 0) is 14.8 Å². The van der Waals surface area contributed by atoms with Gasteiger partial charge in [0, 0.05) is 19.2 Å². The molecule has 0 bridgehead atoms. The van der Waals surface area contributed by atoms with Crippen LogP contribution in [0.3, 0.4) is 0 Å².